The van der Waals surface area contributed by atoms with Crippen molar-refractivity contribution in [1.82, 2.24) is 20.5 Å². The van der Waals surface area contributed by atoms with Crippen LogP contribution in [0.4, 0.5) is 0 Å². The molecule has 0 spiro atoms. The molecule has 0 saturated heterocycles. The Bertz CT molecular complexity index is 458. The Labute approximate surface area is 119 Å². The molecule has 5 heteroatoms. The minimum absolute atomic E-state index is 0.118. The average Bonchev–Trinajstić information content (AvgIpc) is 3.19. The van der Waals surface area contributed by atoms with Gasteiger partial charge in [-0.1, -0.05) is 19.8 Å². The normalized spacial score (nSPS) is 26.4. The molecule has 0 atom stereocenters. The van der Waals surface area contributed by atoms with Crippen LogP contribution in [-0.4, -0.2) is 27.1 Å². The van der Waals surface area contributed by atoms with Crippen LogP contribution in [0, 0.1) is 5.92 Å². The zero-order valence-electron chi connectivity index (χ0n) is 12.2. The zero-order chi connectivity index (χ0) is 13.9. The average molecular weight is 276 g/mol. The quantitative estimate of drug-likeness (QED) is 0.868. The Hall–Kier alpha value is -1.39. The molecule has 2 fully saturated rings. The molecule has 2 aliphatic carbocycles. The van der Waals surface area contributed by atoms with E-state index in [2.05, 4.69) is 27.4 Å². The molecule has 1 amide bonds. The van der Waals surface area contributed by atoms with E-state index in [1.54, 1.807) is 0 Å². The number of nitrogens with one attached hydrogen (secondary N) is 2. The van der Waals surface area contributed by atoms with Crippen molar-refractivity contribution >= 4 is 5.91 Å². The van der Waals surface area contributed by atoms with E-state index in [0.29, 0.717) is 17.8 Å². The van der Waals surface area contributed by atoms with E-state index in [4.69, 9.17) is 0 Å². The predicted molar refractivity (Wildman–Crippen MR) is 76.5 cm³/mol. The van der Waals surface area contributed by atoms with Gasteiger partial charge in [0, 0.05) is 12.0 Å². The summed E-state index contributed by atoms with van der Waals surface area (Å²) in [7, 11) is 0. The van der Waals surface area contributed by atoms with Gasteiger partial charge in [0.1, 0.15) is 5.82 Å². The lowest BCUT2D eigenvalue weighted by atomic mass is 9.83. The van der Waals surface area contributed by atoms with E-state index in [0.717, 1.165) is 37.4 Å². The van der Waals surface area contributed by atoms with E-state index in [1.165, 1.54) is 25.7 Å². The molecular weight excluding hydrogens is 252 g/mol. The Morgan fingerprint density at radius 3 is 2.65 bits per heavy atom. The van der Waals surface area contributed by atoms with Gasteiger partial charge in [0.2, 0.25) is 5.82 Å². The van der Waals surface area contributed by atoms with Crippen molar-refractivity contribution in [3.05, 3.63) is 11.6 Å². The minimum atomic E-state index is -0.118. The number of aromatic nitrogens is 3. The molecular formula is C15H24N4O. The second-order valence-electron chi connectivity index (χ2n) is 6.30. The molecule has 3 rings (SSSR count). The molecule has 1 aromatic heterocycles. The zero-order valence-corrected chi connectivity index (χ0v) is 12.2. The third-order valence-electron chi connectivity index (χ3n) is 4.55. The summed E-state index contributed by atoms with van der Waals surface area (Å²) in [6, 6.07) is 0.304. The molecule has 20 heavy (non-hydrogen) atoms. The van der Waals surface area contributed by atoms with E-state index in [1.807, 2.05) is 0 Å². The number of carbonyl (C=O) groups is 1. The Kier molecular flexibility index (Phi) is 4.03. The van der Waals surface area contributed by atoms with Crippen molar-refractivity contribution in [1.29, 1.82) is 0 Å². The van der Waals surface area contributed by atoms with Crippen molar-refractivity contribution in [2.24, 2.45) is 5.92 Å². The number of hydrogen-bond acceptors (Lipinski definition) is 3. The highest BCUT2D eigenvalue weighted by Crippen LogP contribution is 2.37. The maximum absolute atomic E-state index is 12.1. The van der Waals surface area contributed by atoms with Gasteiger partial charge in [-0.3, -0.25) is 9.89 Å². The summed E-state index contributed by atoms with van der Waals surface area (Å²) in [5.74, 6) is 2.43. The maximum Gasteiger partial charge on any atom is 0.291 e. The highest BCUT2D eigenvalue weighted by molar-refractivity contribution is 5.90. The highest BCUT2D eigenvalue weighted by Gasteiger charge is 2.29. The molecule has 110 valence electrons. The lowest BCUT2D eigenvalue weighted by Gasteiger charge is -2.28. The second-order valence-corrected chi connectivity index (χ2v) is 6.30. The number of H-pyrrole nitrogens is 1. The van der Waals surface area contributed by atoms with Crippen molar-refractivity contribution in [2.75, 3.05) is 0 Å². The van der Waals surface area contributed by atoms with Crippen LogP contribution >= 0.6 is 0 Å². The summed E-state index contributed by atoms with van der Waals surface area (Å²) < 4.78 is 0. The molecule has 0 radical (unpaired) electrons. The first-order valence-electron chi connectivity index (χ1n) is 7.99. The fourth-order valence-corrected chi connectivity index (χ4v) is 3.17. The van der Waals surface area contributed by atoms with Gasteiger partial charge >= 0.3 is 0 Å². The number of amides is 1. The second kappa shape index (κ2) is 5.94. The lowest BCUT2D eigenvalue weighted by Crippen LogP contribution is -2.38. The Morgan fingerprint density at radius 1 is 1.25 bits per heavy atom. The van der Waals surface area contributed by atoms with Crippen LogP contribution in [0.2, 0.25) is 0 Å². The molecule has 5 nitrogen and oxygen atoms in total. The van der Waals surface area contributed by atoms with Gasteiger partial charge in [-0.15, -0.1) is 5.10 Å². The first-order chi connectivity index (χ1) is 9.76. The summed E-state index contributed by atoms with van der Waals surface area (Å²) in [4.78, 5) is 16.4. The highest BCUT2D eigenvalue weighted by atomic mass is 16.2. The van der Waals surface area contributed by atoms with E-state index in [-0.39, 0.29) is 5.91 Å². The minimum Gasteiger partial charge on any atom is -0.347 e. The van der Waals surface area contributed by atoms with Crippen molar-refractivity contribution in [3.8, 4) is 0 Å². The van der Waals surface area contributed by atoms with Crippen molar-refractivity contribution in [2.45, 2.75) is 70.3 Å². The SMILES string of the molecule is CCCC1CCC(NC(=O)c2n[nH]c(C3CC3)n2)CC1. The standard InChI is InChI=1S/C15H24N4O/c1-2-3-10-4-8-12(9-5-10)16-15(20)14-17-13(18-19-14)11-6-7-11/h10-12H,2-9H2,1H3,(H,16,20)(H,17,18,19). The third kappa shape index (κ3) is 3.19. The monoisotopic (exact) mass is 276 g/mol. The third-order valence-corrected chi connectivity index (χ3v) is 4.55. The van der Waals surface area contributed by atoms with Crippen LogP contribution in [0.15, 0.2) is 0 Å². The molecule has 0 aromatic carbocycles. The van der Waals surface area contributed by atoms with Crippen molar-refractivity contribution in [3.63, 3.8) is 0 Å². The van der Waals surface area contributed by atoms with Gasteiger partial charge in [-0.25, -0.2) is 4.98 Å². The van der Waals surface area contributed by atoms with Gasteiger partial charge in [-0.2, -0.15) is 0 Å². The van der Waals surface area contributed by atoms with Gasteiger partial charge in [0.25, 0.3) is 5.91 Å². The van der Waals surface area contributed by atoms with E-state index >= 15 is 0 Å². The molecule has 1 aromatic rings. The fourth-order valence-electron chi connectivity index (χ4n) is 3.17. The number of aromatic amines is 1. The molecule has 0 bridgehead atoms. The van der Waals surface area contributed by atoms with E-state index in [9.17, 15) is 4.79 Å². The van der Waals surface area contributed by atoms with Crippen LogP contribution in [0.5, 0.6) is 0 Å². The predicted octanol–water partition coefficient (Wildman–Crippen LogP) is 2.77. The first kappa shape index (κ1) is 13.6. The lowest BCUT2D eigenvalue weighted by molar-refractivity contribution is 0.0911. The van der Waals surface area contributed by atoms with Crippen LogP contribution in [0.3, 0.4) is 0 Å². The van der Waals surface area contributed by atoms with Gasteiger partial charge in [0.15, 0.2) is 0 Å². The van der Waals surface area contributed by atoms with Crippen LogP contribution < -0.4 is 5.32 Å². The largest absolute Gasteiger partial charge is 0.347 e. The van der Waals surface area contributed by atoms with Gasteiger partial charge in [0.05, 0.1) is 0 Å². The summed E-state index contributed by atoms with van der Waals surface area (Å²) in [6.07, 6.45) is 9.58. The van der Waals surface area contributed by atoms with Crippen LogP contribution in [0.1, 0.15) is 80.7 Å². The first-order valence-corrected chi connectivity index (χ1v) is 7.99. The number of rotatable bonds is 5. The summed E-state index contributed by atoms with van der Waals surface area (Å²) in [5, 5.41) is 10.0. The summed E-state index contributed by atoms with van der Waals surface area (Å²) in [6.45, 7) is 2.24. The van der Waals surface area contributed by atoms with E-state index < -0.39 is 0 Å². The van der Waals surface area contributed by atoms with Crippen LogP contribution in [0.25, 0.3) is 0 Å². The molecule has 0 unspecified atom stereocenters. The molecule has 0 aliphatic heterocycles. The smallest absolute Gasteiger partial charge is 0.291 e. The summed E-state index contributed by atoms with van der Waals surface area (Å²) in [5.41, 5.74) is 0. The molecule has 2 N–H and O–H groups in total. The Balaban J connectivity index is 1.48. The van der Waals surface area contributed by atoms with Gasteiger partial charge < -0.3 is 5.32 Å². The number of nitrogens with zero attached hydrogens (tertiary/aromatic N) is 2. The number of carbonyl (C=O) groups excluding carboxylic acids is 1. The van der Waals surface area contributed by atoms with Gasteiger partial charge in [-0.05, 0) is 44.4 Å². The number of hydrogen-bond donors (Lipinski definition) is 2. The molecule has 2 saturated carbocycles. The van der Waals surface area contributed by atoms with Crippen LogP contribution in [-0.2, 0) is 0 Å². The fraction of sp³-hybridized carbons (Fsp3) is 0.800. The Morgan fingerprint density at radius 2 is 2.00 bits per heavy atom. The van der Waals surface area contributed by atoms with Crippen molar-refractivity contribution < 1.29 is 4.79 Å². The summed E-state index contributed by atoms with van der Waals surface area (Å²) >= 11 is 0. The molecule has 1 heterocycles. The maximum atomic E-state index is 12.1. The molecule has 2 aliphatic rings. The topological polar surface area (TPSA) is 70.7 Å².